The molecule has 2 aromatic rings. The van der Waals surface area contributed by atoms with Crippen molar-refractivity contribution < 1.29 is 14.7 Å². The van der Waals surface area contributed by atoms with Gasteiger partial charge >= 0.3 is 5.97 Å². The lowest BCUT2D eigenvalue weighted by Crippen LogP contribution is -2.13. The monoisotopic (exact) mass is 387 g/mol. The SMILES string of the molecule is O=C(O)c1cc(NC(=O)c2ccc(Br)cc2Cl)ccc1Cl. The Morgan fingerprint density at radius 1 is 1.00 bits per heavy atom. The van der Waals surface area contributed by atoms with E-state index in [0.717, 1.165) is 4.47 Å². The second kappa shape index (κ2) is 6.47. The topological polar surface area (TPSA) is 66.4 Å². The van der Waals surface area contributed by atoms with Gasteiger partial charge in [-0.15, -0.1) is 0 Å². The predicted octanol–water partition coefficient (Wildman–Crippen LogP) is 4.71. The van der Waals surface area contributed by atoms with Crippen LogP contribution < -0.4 is 5.32 Å². The zero-order chi connectivity index (χ0) is 15.6. The summed E-state index contributed by atoms with van der Waals surface area (Å²) in [5, 5.41) is 12.0. The Bertz CT molecular complexity index is 734. The first-order valence-electron chi connectivity index (χ1n) is 5.67. The summed E-state index contributed by atoms with van der Waals surface area (Å²) in [5.74, 6) is -1.61. The smallest absolute Gasteiger partial charge is 0.337 e. The first kappa shape index (κ1) is 15.8. The number of carboxylic acid groups (broad SMARTS) is 1. The van der Waals surface area contributed by atoms with Crippen molar-refractivity contribution in [1.82, 2.24) is 0 Å². The molecule has 108 valence electrons. The van der Waals surface area contributed by atoms with E-state index in [1.165, 1.54) is 18.2 Å². The highest BCUT2D eigenvalue weighted by molar-refractivity contribution is 9.10. The lowest BCUT2D eigenvalue weighted by atomic mass is 10.1. The molecule has 0 aromatic heterocycles. The van der Waals surface area contributed by atoms with Crippen LogP contribution in [0.5, 0.6) is 0 Å². The number of benzene rings is 2. The van der Waals surface area contributed by atoms with Gasteiger partial charge in [-0.05, 0) is 36.4 Å². The molecule has 2 aromatic carbocycles. The van der Waals surface area contributed by atoms with Crippen molar-refractivity contribution >= 4 is 56.7 Å². The highest BCUT2D eigenvalue weighted by atomic mass is 79.9. The molecule has 1 amide bonds. The fourth-order valence-electron chi connectivity index (χ4n) is 1.64. The summed E-state index contributed by atoms with van der Waals surface area (Å²) in [5.41, 5.74) is 0.517. The number of amides is 1. The average Bonchev–Trinajstić information content (AvgIpc) is 2.40. The standard InChI is InChI=1S/C14H8BrCl2NO3/c15-7-1-3-9(12(17)5-7)13(19)18-8-2-4-11(16)10(6-8)14(20)21/h1-6H,(H,18,19)(H,20,21). The molecule has 0 bridgehead atoms. The van der Waals surface area contributed by atoms with Crippen LogP contribution >= 0.6 is 39.1 Å². The molecule has 0 unspecified atom stereocenters. The summed E-state index contributed by atoms with van der Waals surface area (Å²) in [4.78, 5) is 23.1. The van der Waals surface area contributed by atoms with E-state index in [9.17, 15) is 9.59 Å². The van der Waals surface area contributed by atoms with E-state index in [1.54, 1.807) is 18.2 Å². The minimum atomic E-state index is -1.17. The molecule has 0 aliphatic heterocycles. The van der Waals surface area contributed by atoms with Crippen molar-refractivity contribution in [1.29, 1.82) is 0 Å². The maximum atomic E-state index is 12.1. The van der Waals surface area contributed by atoms with Crippen molar-refractivity contribution in [3.63, 3.8) is 0 Å². The molecular weight excluding hydrogens is 381 g/mol. The van der Waals surface area contributed by atoms with E-state index in [2.05, 4.69) is 21.2 Å². The van der Waals surface area contributed by atoms with E-state index in [1.807, 2.05) is 0 Å². The first-order valence-corrected chi connectivity index (χ1v) is 7.22. The molecule has 0 fully saturated rings. The zero-order valence-corrected chi connectivity index (χ0v) is 13.5. The molecule has 0 aliphatic rings. The number of rotatable bonds is 3. The number of halogens is 3. The summed E-state index contributed by atoms with van der Waals surface area (Å²) >= 11 is 15.0. The van der Waals surface area contributed by atoms with Gasteiger partial charge in [-0.25, -0.2) is 4.79 Å². The molecule has 0 atom stereocenters. The second-order valence-electron chi connectivity index (χ2n) is 4.08. The molecule has 0 saturated heterocycles. The summed E-state index contributed by atoms with van der Waals surface area (Å²) in [6, 6.07) is 9.06. The third-order valence-electron chi connectivity index (χ3n) is 2.63. The number of carbonyl (C=O) groups excluding carboxylic acids is 1. The van der Waals surface area contributed by atoms with E-state index in [4.69, 9.17) is 28.3 Å². The van der Waals surface area contributed by atoms with E-state index in [0.29, 0.717) is 5.69 Å². The Morgan fingerprint density at radius 2 is 1.71 bits per heavy atom. The molecule has 0 spiro atoms. The van der Waals surface area contributed by atoms with Gasteiger partial charge in [0.05, 0.1) is 21.2 Å². The van der Waals surface area contributed by atoms with Crippen LogP contribution in [0.4, 0.5) is 5.69 Å². The van der Waals surface area contributed by atoms with Gasteiger partial charge in [0, 0.05) is 10.2 Å². The van der Waals surface area contributed by atoms with Crippen LogP contribution in [0.25, 0.3) is 0 Å². The number of carboxylic acids is 1. The molecule has 7 heteroatoms. The average molecular weight is 389 g/mol. The Labute approximate surface area is 138 Å². The molecule has 0 heterocycles. The fourth-order valence-corrected chi connectivity index (χ4v) is 2.60. The number of aromatic carboxylic acids is 1. The van der Waals surface area contributed by atoms with E-state index >= 15 is 0 Å². The van der Waals surface area contributed by atoms with Gasteiger partial charge in [0.2, 0.25) is 0 Å². The largest absolute Gasteiger partial charge is 0.478 e. The number of anilines is 1. The Hall–Kier alpha value is -1.56. The van der Waals surface area contributed by atoms with Gasteiger partial charge in [0.25, 0.3) is 5.91 Å². The third-order valence-corrected chi connectivity index (χ3v) is 3.77. The molecule has 0 saturated carbocycles. The maximum absolute atomic E-state index is 12.1. The minimum absolute atomic E-state index is 0.0867. The van der Waals surface area contributed by atoms with E-state index in [-0.39, 0.29) is 21.2 Å². The summed E-state index contributed by atoms with van der Waals surface area (Å²) in [6.07, 6.45) is 0. The van der Waals surface area contributed by atoms with Crippen LogP contribution in [0.1, 0.15) is 20.7 Å². The number of carbonyl (C=O) groups is 2. The Kier molecular flexibility index (Phi) is 4.88. The van der Waals surface area contributed by atoms with Gasteiger partial charge in [0.15, 0.2) is 0 Å². The number of hydrogen-bond donors (Lipinski definition) is 2. The van der Waals surface area contributed by atoms with Gasteiger partial charge in [-0.3, -0.25) is 4.79 Å². The Morgan fingerprint density at radius 3 is 2.33 bits per heavy atom. The zero-order valence-electron chi connectivity index (χ0n) is 10.4. The van der Waals surface area contributed by atoms with Gasteiger partial charge in [-0.2, -0.15) is 0 Å². The summed E-state index contributed by atoms with van der Waals surface area (Å²) < 4.78 is 0.753. The predicted molar refractivity (Wildman–Crippen MR) is 85.5 cm³/mol. The van der Waals surface area contributed by atoms with Crippen molar-refractivity contribution in [2.75, 3.05) is 5.32 Å². The highest BCUT2D eigenvalue weighted by Gasteiger charge is 2.13. The first-order chi connectivity index (χ1) is 9.88. The van der Waals surface area contributed by atoms with Crippen LogP contribution in [-0.4, -0.2) is 17.0 Å². The lowest BCUT2D eigenvalue weighted by Gasteiger charge is -2.08. The normalized spacial score (nSPS) is 10.2. The van der Waals surface area contributed by atoms with Crippen molar-refractivity contribution in [2.45, 2.75) is 0 Å². The fraction of sp³-hybridized carbons (Fsp3) is 0. The summed E-state index contributed by atoms with van der Waals surface area (Å²) in [7, 11) is 0. The molecule has 4 nitrogen and oxygen atoms in total. The maximum Gasteiger partial charge on any atom is 0.337 e. The molecular formula is C14H8BrCl2NO3. The highest BCUT2D eigenvalue weighted by Crippen LogP contribution is 2.24. The third kappa shape index (κ3) is 3.75. The quantitative estimate of drug-likeness (QED) is 0.800. The van der Waals surface area contributed by atoms with Crippen LogP contribution in [0.3, 0.4) is 0 Å². The molecule has 0 aliphatic carbocycles. The van der Waals surface area contributed by atoms with Gasteiger partial charge in [0.1, 0.15) is 0 Å². The van der Waals surface area contributed by atoms with Crippen LogP contribution in [0.15, 0.2) is 40.9 Å². The lowest BCUT2D eigenvalue weighted by molar-refractivity contribution is 0.0696. The molecule has 2 rings (SSSR count). The van der Waals surface area contributed by atoms with Gasteiger partial charge < -0.3 is 10.4 Å². The van der Waals surface area contributed by atoms with E-state index < -0.39 is 11.9 Å². The molecule has 0 radical (unpaired) electrons. The van der Waals surface area contributed by atoms with Gasteiger partial charge in [-0.1, -0.05) is 39.1 Å². The van der Waals surface area contributed by atoms with Crippen LogP contribution in [0, 0.1) is 0 Å². The molecule has 21 heavy (non-hydrogen) atoms. The summed E-state index contributed by atoms with van der Waals surface area (Å²) in [6.45, 7) is 0. The van der Waals surface area contributed by atoms with Crippen molar-refractivity contribution in [3.8, 4) is 0 Å². The number of hydrogen-bond acceptors (Lipinski definition) is 2. The van der Waals surface area contributed by atoms with Crippen LogP contribution in [0.2, 0.25) is 10.0 Å². The van der Waals surface area contributed by atoms with Crippen molar-refractivity contribution in [3.05, 3.63) is 62.0 Å². The van der Waals surface area contributed by atoms with Crippen LogP contribution in [-0.2, 0) is 0 Å². The Balaban J connectivity index is 2.27. The second-order valence-corrected chi connectivity index (χ2v) is 5.81. The minimum Gasteiger partial charge on any atom is -0.478 e. The number of nitrogens with one attached hydrogen (secondary N) is 1. The van der Waals surface area contributed by atoms with Crippen molar-refractivity contribution in [2.24, 2.45) is 0 Å². The molecule has 2 N–H and O–H groups in total.